The number of aromatic amines is 1. The van der Waals surface area contributed by atoms with Gasteiger partial charge in [0.25, 0.3) is 0 Å². The van der Waals surface area contributed by atoms with Gasteiger partial charge in [0, 0.05) is 12.1 Å². The van der Waals surface area contributed by atoms with E-state index in [2.05, 4.69) is 23.4 Å². The first-order chi connectivity index (χ1) is 9.49. The lowest BCUT2D eigenvalue weighted by Gasteiger charge is -2.35. The number of fused-ring (bicyclic) bond motifs is 1. The zero-order chi connectivity index (χ0) is 14.4. The molecule has 2 aromatic rings. The SMILES string of the molecule is CC1CCCC(n2c(=S)[nH]c3cc(I)c(F)cc32)C1C. The van der Waals surface area contributed by atoms with E-state index in [-0.39, 0.29) is 5.82 Å². The van der Waals surface area contributed by atoms with Crippen LogP contribution in [0.1, 0.15) is 39.2 Å². The van der Waals surface area contributed by atoms with E-state index in [1.54, 1.807) is 6.07 Å². The van der Waals surface area contributed by atoms with Gasteiger partial charge in [0.2, 0.25) is 0 Å². The van der Waals surface area contributed by atoms with Gasteiger partial charge >= 0.3 is 0 Å². The van der Waals surface area contributed by atoms with E-state index in [4.69, 9.17) is 12.2 Å². The fourth-order valence-electron chi connectivity index (χ4n) is 3.37. The van der Waals surface area contributed by atoms with Crippen LogP contribution >= 0.6 is 34.8 Å². The topological polar surface area (TPSA) is 20.7 Å². The van der Waals surface area contributed by atoms with E-state index < -0.39 is 0 Å². The van der Waals surface area contributed by atoms with E-state index in [0.29, 0.717) is 26.2 Å². The van der Waals surface area contributed by atoms with Gasteiger partial charge in [0.15, 0.2) is 4.77 Å². The molecule has 2 nitrogen and oxygen atoms in total. The molecule has 3 rings (SSSR count). The van der Waals surface area contributed by atoms with Crippen LogP contribution in [0.15, 0.2) is 12.1 Å². The molecule has 0 aliphatic heterocycles. The summed E-state index contributed by atoms with van der Waals surface area (Å²) < 4.78 is 17.4. The number of hydrogen-bond donors (Lipinski definition) is 1. The Morgan fingerprint density at radius 2 is 2.10 bits per heavy atom. The van der Waals surface area contributed by atoms with Gasteiger partial charge < -0.3 is 9.55 Å². The van der Waals surface area contributed by atoms with Crippen molar-refractivity contribution in [1.29, 1.82) is 0 Å². The second-order valence-electron chi connectivity index (χ2n) is 5.92. The quantitative estimate of drug-likeness (QED) is 0.496. The van der Waals surface area contributed by atoms with Crippen molar-refractivity contribution in [2.24, 2.45) is 11.8 Å². The lowest BCUT2D eigenvalue weighted by molar-refractivity contribution is 0.188. The van der Waals surface area contributed by atoms with Crippen molar-refractivity contribution in [3.8, 4) is 0 Å². The molecule has 1 aliphatic rings. The Hall–Kier alpha value is -0.430. The number of nitrogens with zero attached hydrogens (tertiary/aromatic N) is 1. The smallest absolute Gasteiger partial charge is 0.178 e. The van der Waals surface area contributed by atoms with Gasteiger partial charge in [-0.25, -0.2) is 4.39 Å². The minimum absolute atomic E-state index is 0.169. The number of imidazole rings is 1. The van der Waals surface area contributed by atoms with Gasteiger partial charge in [0.05, 0.1) is 14.6 Å². The Kier molecular flexibility index (Phi) is 3.92. The second-order valence-corrected chi connectivity index (χ2v) is 7.47. The molecule has 1 aromatic carbocycles. The summed E-state index contributed by atoms with van der Waals surface area (Å²) in [6, 6.07) is 3.84. The Morgan fingerprint density at radius 1 is 1.35 bits per heavy atom. The molecule has 5 heteroatoms. The largest absolute Gasteiger partial charge is 0.331 e. The Bertz CT molecular complexity index is 706. The van der Waals surface area contributed by atoms with Gasteiger partial charge in [-0.05, 0) is 59.1 Å². The van der Waals surface area contributed by atoms with Crippen molar-refractivity contribution in [1.82, 2.24) is 9.55 Å². The summed E-state index contributed by atoms with van der Waals surface area (Å²) in [4.78, 5) is 3.23. The molecule has 0 bridgehead atoms. The first-order valence-corrected chi connectivity index (χ1v) is 8.57. The van der Waals surface area contributed by atoms with Gasteiger partial charge in [-0.1, -0.05) is 26.7 Å². The first kappa shape index (κ1) is 14.5. The molecular formula is C15H18FIN2S. The molecule has 20 heavy (non-hydrogen) atoms. The minimum Gasteiger partial charge on any atom is -0.331 e. The zero-order valence-corrected chi connectivity index (χ0v) is 14.6. The van der Waals surface area contributed by atoms with Crippen molar-refractivity contribution in [2.75, 3.05) is 0 Å². The number of aromatic nitrogens is 2. The number of halogens is 2. The molecule has 0 amide bonds. The van der Waals surface area contributed by atoms with Gasteiger partial charge in [0.1, 0.15) is 5.82 Å². The number of nitrogens with one attached hydrogen (secondary N) is 1. The average molecular weight is 404 g/mol. The van der Waals surface area contributed by atoms with E-state index in [1.165, 1.54) is 12.8 Å². The molecule has 1 aromatic heterocycles. The first-order valence-electron chi connectivity index (χ1n) is 7.08. The Morgan fingerprint density at radius 3 is 2.85 bits per heavy atom. The fraction of sp³-hybridized carbons (Fsp3) is 0.533. The Balaban J connectivity index is 2.18. The predicted octanol–water partition coefficient (Wildman–Crippen LogP) is 5.44. The number of rotatable bonds is 1. The van der Waals surface area contributed by atoms with Crippen LogP contribution in [0.25, 0.3) is 11.0 Å². The summed E-state index contributed by atoms with van der Waals surface area (Å²) in [6.45, 7) is 4.59. The minimum atomic E-state index is -0.169. The second kappa shape index (κ2) is 5.40. The van der Waals surface area contributed by atoms with Crippen LogP contribution in [0, 0.1) is 26.0 Å². The third-order valence-corrected chi connectivity index (χ3v) is 5.88. The molecule has 1 N–H and O–H groups in total. The van der Waals surface area contributed by atoms with E-state index in [0.717, 1.165) is 17.5 Å². The van der Waals surface area contributed by atoms with Gasteiger partial charge in [-0.3, -0.25) is 0 Å². The highest BCUT2D eigenvalue weighted by atomic mass is 127. The van der Waals surface area contributed by atoms with Crippen LogP contribution in [0.5, 0.6) is 0 Å². The molecule has 1 saturated carbocycles. The summed E-state index contributed by atoms with van der Waals surface area (Å²) in [5.41, 5.74) is 1.84. The maximum atomic E-state index is 13.9. The molecule has 3 unspecified atom stereocenters. The summed E-state index contributed by atoms with van der Waals surface area (Å²) in [5, 5.41) is 0. The summed E-state index contributed by atoms with van der Waals surface area (Å²) in [6.07, 6.45) is 3.62. The summed E-state index contributed by atoms with van der Waals surface area (Å²) in [7, 11) is 0. The normalized spacial score (nSPS) is 27.1. The van der Waals surface area contributed by atoms with Gasteiger partial charge in [-0.2, -0.15) is 0 Å². The van der Waals surface area contributed by atoms with Crippen molar-refractivity contribution in [3.63, 3.8) is 0 Å². The van der Waals surface area contributed by atoms with Gasteiger partial charge in [-0.15, -0.1) is 0 Å². The van der Waals surface area contributed by atoms with Crippen LogP contribution in [-0.4, -0.2) is 9.55 Å². The lowest BCUT2D eigenvalue weighted by Crippen LogP contribution is -2.27. The van der Waals surface area contributed by atoms with Crippen LogP contribution in [0.3, 0.4) is 0 Å². The molecule has 0 radical (unpaired) electrons. The van der Waals surface area contributed by atoms with Crippen LogP contribution in [-0.2, 0) is 0 Å². The van der Waals surface area contributed by atoms with Crippen molar-refractivity contribution in [3.05, 3.63) is 26.3 Å². The van der Waals surface area contributed by atoms with Crippen molar-refractivity contribution < 1.29 is 4.39 Å². The third kappa shape index (κ3) is 2.32. The fourth-order valence-corrected chi connectivity index (χ4v) is 4.18. The monoisotopic (exact) mass is 404 g/mol. The van der Waals surface area contributed by atoms with E-state index in [9.17, 15) is 4.39 Å². The van der Waals surface area contributed by atoms with Crippen molar-refractivity contribution in [2.45, 2.75) is 39.2 Å². The van der Waals surface area contributed by atoms with E-state index >= 15 is 0 Å². The lowest BCUT2D eigenvalue weighted by atomic mass is 9.78. The standard InChI is InChI=1S/C15H18FIN2S/c1-8-4-3-5-13(9(8)2)19-14-6-10(16)11(17)7-12(14)18-15(19)20/h6-9,13H,3-5H2,1-2H3,(H,18,20). The molecule has 0 spiro atoms. The molecule has 1 aliphatic carbocycles. The summed E-state index contributed by atoms with van der Waals surface area (Å²) in [5.74, 6) is 1.09. The molecule has 1 fully saturated rings. The third-order valence-electron chi connectivity index (χ3n) is 4.75. The molecule has 3 atom stereocenters. The highest BCUT2D eigenvalue weighted by Crippen LogP contribution is 2.39. The van der Waals surface area contributed by atoms with Crippen LogP contribution in [0.4, 0.5) is 4.39 Å². The molecule has 1 heterocycles. The number of H-pyrrole nitrogens is 1. The van der Waals surface area contributed by atoms with Crippen molar-refractivity contribution >= 4 is 45.8 Å². The highest BCUT2D eigenvalue weighted by molar-refractivity contribution is 14.1. The zero-order valence-electron chi connectivity index (χ0n) is 11.6. The molecule has 0 saturated heterocycles. The number of hydrogen-bond acceptors (Lipinski definition) is 1. The highest BCUT2D eigenvalue weighted by Gasteiger charge is 2.29. The Labute approximate surface area is 136 Å². The molecular weight excluding hydrogens is 386 g/mol. The maximum absolute atomic E-state index is 13.9. The summed E-state index contributed by atoms with van der Waals surface area (Å²) >= 11 is 7.51. The number of benzene rings is 1. The predicted molar refractivity (Wildman–Crippen MR) is 91.0 cm³/mol. The van der Waals surface area contributed by atoms with Crippen LogP contribution in [0.2, 0.25) is 0 Å². The average Bonchev–Trinajstić information content (AvgIpc) is 2.69. The maximum Gasteiger partial charge on any atom is 0.178 e. The van der Waals surface area contributed by atoms with E-state index in [1.807, 2.05) is 28.7 Å². The van der Waals surface area contributed by atoms with Crippen LogP contribution < -0.4 is 0 Å². The molecule has 108 valence electrons.